The van der Waals surface area contributed by atoms with Gasteiger partial charge in [0.05, 0.1) is 7.11 Å². The number of methoxy groups -OCH3 is 1. The fourth-order valence-corrected chi connectivity index (χ4v) is 1.40. The van der Waals surface area contributed by atoms with Crippen molar-refractivity contribution in [2.75, 3.05) is 7.11 Å². The number of para-hydroxylation sites is 1. The minimum Gasteiger partial charge on any atom is -0.496 e. The predicted octanol–water partition coefficient (Wildman–Crippen LogP) is 3.29. The van der Waals surface area contributed by atoms with Crippen LogP contribution >= 0.6 is 0 Å². The molecule has 2 aromatic rings. The Morgan fingerprint density at radius 2 is 1.67 bits per heavy atom. The van der Waals surface area contributed by atoms with Gasteiger partial charge < -0.3 is 10.5 Å². The van der Waals surface area contributed by atoms with Crippen molar-refractivity contribution in [2.24, 2.45) is 5.73 Å². The van der Waals surface area contributed by atoms with Gasteiger partial charge in [0.15, 0.2) is 0 Å². The molecule has 2 nitrogen and oxygen atoms in total. The smallest absolute Gasteiger partial charge is 0.123 e. The van der Waals surface area contributed by atoms with E-state index in [1.54, 1.807) is 19.2 Å². The molecular formula is C15H18FNO. The molecule has 18 heavy (non-hydrogen) atoms. The van der Waals surface area contributed by atoms with Crippen LogP contribution in [0.4, 0.5) is 4.39 Å². The lowest BCUT2D eigenvalue weighted by atomic mass is 10.2. The summed E-state index contributed by atoms with van der Waals surface area (Å²) in [6, 6.07) is 14.1. The zero-order chi connectivity index (χ0) is 13.4. The minimum atomic E-state index is -0.171. The third-order valence-electron chi connectivity index (χ3n) is 2.42. The van der Waals surface area contributed by atoms with Crippen LogP contribution in [0.15, 0.2) is 48.5 Å². The molecule has 0 aromatic heterocycles. The molecule has 96 valence electrons. The van der Waals surface area contributed by atoms with Crippen LogP contribution in [0.5, 0.6) is 5.75 Å². The highest BCUT2D eigenvalue weighted by Crippen LogP contribution is 2.15. The Labute approximate surface area is 107 Å². The average molecular weight is 247 g/mol. The first-order valence-corrected chi connectivity index (χ1v) is 5.71. The Hall–Kier alpha value is -1.87. The number of aryl methyl sites for hydroxylation is 1. The fraction of sp³-hybridized carbons (Fsp3) is 0.200. The van der Waals surface area contributed by atoms with Crippen molar-refractivity contribution in [3.63, 3.8) is 0 Å². The minimum absolute atomic E-state index is 0.171. The molecule has 0 aliphatic heterocycles. The molecule has 2 aromatic carbocycles. The van der Waals surface area contributed by atoms with E-state index in [1.165, 1.54) is 12.1 Å². The van der Waals surface area contributed by atoms with Gasteiger partial charge in [-0.2, -0.15) is 0 Å². The maximum absolute atomic E-state index is 12.1. The summed E-state index contributed by atoms with van der Waals surface area (Å²) in [7, 11) is 1.65. The van der Waals surface area contributed by atoms with Gasteiger partial charge in [-0.3, -0.25) is 0 Å². The number of benzene rings is 2. The normalized spacial score (nSPS) is 9.33. The van der Waals surface area contributed by atoms with Crippen LogP contribution in [0.3, 0.4) is 0 Å². The van der Waals surface area contributed by atoms with Crippen molar-refractivity contribution < 1.29 is 9.13 Å². The molecule has 0 aliphatic rings. The van der Waals surface area contributed by atoms with Gasteiger partial charge >= 0.3 is 0 Å². The van der Waals surface area contributed by atoms with Gasteiger partial charge in [-0.15, -0.1) is 0 Å². The van der Waals surface area contributed by atoms with E-state index in [4.69, 9.17) is 10.5 Å². The molecule has 0 saturated heterocycles. The van der Waals surface area contributed by atoms with E-state index in [1.807, 2.05) is 31.2 Å². The van der Waals surface area contributed by atoms with Gasteiger partial charge in [0.25, 0.3) is 0 Å². The Morgan fingerprint density at radius 1 is 1.06 bits per heavy atom. The Morgan fingerprint density at radius 3 is 2.11 bits per heavy atom. The summed E-state index contributed by atoms with van der Waals surface area (Å²) < 4.78 is 17.1. The van der Waals surface area contributed by atoms with Gasteiger partial charge in [-0.05, 0) is 25.1 Å². The molecule has 3 heteroatoms. The second kappa shape index (κ2) is 7.45. The van der Waals surface area contributed by atoms with E-state index < -0.39 is 0 Å². The van der Waals surface area contributed by atoms with Gasteiger partial charge in [0.1, 0.15) is 11.6 Å². The number of halogens is 1. The van der Waals surface area contributed by atoms with Crippen LogP contribution in [0, 0.1) is 12.7 Å². The molecule has 2 N–H and O–H groups in total. The first-order valence-electron chi connectivity index (χ1n) is 5.71. The van der Waals surface area contributed by atoms with E-state index in [-0.39, 0.29) is 5.82 Å². The first kappa shape index (κ1) is 14.2. The van der Waals surface area contributed by atoms with Gasteiger partial charge in [-0.25, -0.2) is 4.39 Å². The number of rotatable bonds is 2. The second-order valence-electron chi connectivity index (χ2n) is 3.81. The molecule has 0 fully saturated rings. The number of ether oxygens (including phenoxy) is 1. The summed E-state index contributed by atoms with van der Waals surface area (Å²) in [4.78, 5) is 0. The third-order valence-corrected chi connectivity index (χ3v) is 2.42. The van der Waals surface area contributed by atoms with E-state index >= 15 is 0 Å². The van der Waals surface area contributed by atoms with Crippen LogP contribution < -0.4 is 10.5 Å². The summed E-state index contributed by atoms with van der Waals surface area (Å²) in [5, 5.41) is 0. The van der Waals surface area contributed by atoms with Crippen molar-refractivity contribution >= 4 is 0 Å². The summed E-state index contributed by atoms with van der Waals surface area (Å²) >= 11 is 0. The average Bonchev–Trinajstić information content (AvgIpc) is 2.42. The van der Waals surface area contributed by atoms with E-state index in [9.17, 15) is 4.39 Å². The molecule has 0 heterocycles. The molecule has 0 bridgehead atoms. The van der Waals surface area contributed by atoms with E-state index in [0.29, 0.717) is 6.54 Å². The predicted molar refractivity (Wildman–Crippen MR) is 72.0 cm³/mol. The molecule has 2 rings (SSSR count). The molecular weight excluding hydrogens is 229 g/mol. The quantitative estimate of drug-likeness (QED) is 0.883. The molecule has 0 atom stereocenters. The molecule has 0 saturated carbocycles. The highest BCUT2D eigenvalue weighted by molar-refractivity contribution is 5.32. The van der Waals surface area contributed by atoms with Crippen molar-refractivity contribution in [1.82, 2.24) is 0 Å². The molecule has 0 radical (unpaired) electrons. The Kier molecular flexibility index (Phi) is 5.88. The maximum atomic E-state index is 12.1. The van der Waals surface area contributed by atoms with Gasteiger partial charge in [-0.1, -0.05) is 35.9 Å². The lowest BCUT2D eigenvalue weighted by molar-refractivity contribution is 0.410. The van der Waals surface area contributed by atoms with Crippen molar-refractivity contribution in [2.45, 2.75) is 13.5 Å². The van der Waals surface area contributed by atoms with Crippen LogP contribution in [-0.4, -0.2) is 7.11 Å². The lowest BCUT2D eigenvalue weighted by Gasteiger charge is -2.03. The molecule has 0 aliphatic carbocycles. The standard InChI is InChI=1S/C8H11NO.C7H7F/c1-10-8-5-3-2-4-7(8)6-9;1-6-2-4-7(8)5-3-6/h2-5H,6,9H2,1H3;2-5H,1H3. The van der Waals surface area contributed by atoms with Crippen LogP contribution in [0.1, 0.15) is 11.1 Å². The molecule has 0 unspecified atom stereocenters. The monoisotopic (exact) mass is 247 g/mol. The highest BCUT2D eigenvalue weighted by atomic mass is 19.1. The topological polar surface area (TPSA) is 35.2 Å². The number of hydrogen-bond acceptors (Lipinski definition) is 2. The Balaban J connectivity index is 0.000000184. The SMILES string of the molecule is COc1ccccc1CN.Cc1ccc(F)cc1. The summed E-state index contributed by atoms with van der Waals surface area (Å²) in [6.45, 7) is 2.46. The van der Waals surface area contributed by atoms with E-state index in [2.05, 4.69) is 0 Å². The van der Waals surface area contributed by atoms with Gasteiger partial charge in [0, 0.05) is 12.1 Å². The first-order chi connectivity index (χ1) is 8.67. The van der Waals surface area contributed by atoms with Crippen LogP contribution in [-0.2, 0) is 6.54 Å². The zero-order valence-electron chi connectivity index (χ0n) is 10.7. The summed E-state index contributed by atoms with van der Waals surface area (Å²) in [6.07, 6.45) is 0. The summed E-state index contributed by atoms with van der Waals surface area (Å²) in [5.41, 5.74) is 7.58. The Bertz CT molecular complexity index is 424. The van der Waals surface area contributed by atoms with Crippen molar-refractivity contribution in [3.05, 3.63) is 65.5 Å². The number of hydrogen-bond donors (Lipinski definition) is 1. The van der Waals surface area contributed by atoms with Crippen LogP contribution in [0.2, 0.25) is 0 Å². The third kappa shape index (κ3) is 4.55. The fourth-order valence-electron chi connectivity index (χ4n) is 1.40. The highest BCUT2D eigenvalue weighted by Gasteiger charge is 1.95. The van der Waals surface area contributed by atoms with Crippen LogP contribution in [0.25, 0.3) is 0 Å². The van der Waals surface area contributed by atoms with Crippen molar-refractivity contribution in [1.29, 1.82) is 0 Å². The number of nitrogens with two attached hydrogens (primary N) is 1. The largest absolute Gasteiger partial charge is 0.496 e. The van der Waals surface area contributed by atoms with Crippen molar-refractivity contribution in [3.8, 4) is 5.75 Å². The second-order valence-corrected chi connectivity index (χ2v) is 3.81. The van der Waals surface area contributed by atoms with Gasteiger partial charge in [0.2, 0.25) is 0 Å². The molecule has 0 amide bonds. The van der Waals surface area contributed by atoms with E-state index in [0.717, 1.165) is 16.9 Å². The maximum Gasteiger partial charge on any atom is 0.123 e. The molecule has 0 spiro atoms. The summed E-state index contributed by atoms with van der Waals surface area (Å²) in [5.74, 6) is 0.695. The lowest BCUT2D eigenvalue weighted by Crippen LogP contribution is -1.98. The zero-order valence-corrected chi connectivity index (χ0v) is 10.7.